The average Bonchev–Trinajstić information content (AvgIpc) is 2.45. The fraction of sp³-hybridized carbons (Fsp3) is 0.471. The molecular formula is C17H24N2O2. The van der Waals surface area contributed by atoms with Crippen LogP contribution in [-0.2, 0) is 4.74 Å². The van der Waals surface area contributed by atoms with E-state index in [0.29, 0.717) is 36.8 Å². The Morgan fingerprint density at radius 3 is 2.86 bits per heavy atom. The smallest absolute Gasteiger partial charge is 0.252 e. The van der Waals surface area contributed by atoms with Crippen LogP contribution in [0.2, 0.25) is 0 Å². The summed E-state index contributed by atoms with van der Waals surface area (Å²) in [5.74, 6) is 6.08. The predicted molar refractivity (Wildman–Crippen MR) is 85.1 cm³/mol. The van der Waals surface area contributed by atoms with Gasteiger partial charge in [0.05, 0.1) is 18.7 Å². The van der Waals surface area contributed by atoms with E-state index in [-0.39, 0.29) is 12.5 Å². The quantitative estimate of drug-likeness (QED) is 0.618. The number of hydrogen-bond acceptors (Lipinski definition) is 3. The van der Waals surface area contributed by atoms with Crippen LogP contribution in [-0.4, -0.2) is 32.2 Å². The van der Waals surface area contributed by atoms with Gasteiger partial charge in [-0.1, -0.05) is 37.3 Å². The van der Waals surface area contributed by atoms with E-state index in [1.807, 2.05) is 25.1 Å². The maximum Gasteiger partial charge on any atom is 0.252 e. The summed E-state index contributed by atoms with van der Waals surface area (Å²) in [5.41, 5.74) is 7.69. The number of nitrogens with one attached hydrogen (secondary N) is 1. The summed E-state index contributed by atoms with van der Waals surface area (Å²) in [6.45, 7) is 8.11. The first-order valence-corrected chi connectivity index (χ1v) is 7.20. The molecule has 0 saturated carbocycles. The summed E-state index contributed by atoms with van der Waals surface area (Å²) in [7, 11) is 0. The van der Waals surface area contributed by atoms with Crippen LogP contribution in [0.25, 0.3) is 0 Å². The second-order valence-electron chi connectivity index (χ2n) is 5.28. The second-order valence-corrected chi connectivity index (χ2v) is 5.28. The van der Waals surface area contributed by atoms with Gasteiger partial charge in [-0.25, -0.2) is 0 Å². The summed E-state index contributed by atoms with van der Waals surface area (Å²) >= 11 is 0. The van der Waals surface area contributed by atoms with Crippen LogP contribution in [0, 0.1) is 24.7 Å². The molecule has 3 N–H and O–H groups in total. The number of ether oxygens (including phenoxy) is 1. The van der Waals surface area contributed by atoms with E-state index in [2.05, 4.69) is 31.0 Å². The third-order valence-electron chi connectivity index (χ3n) is 2.73. The first kappa shape index (κ1) is 17.2. The molecule has 0 unspecified atom stereocenters. The van der Waals surface area contributed by atoms with E-state index < -0.39 is 0 Å². The maximum absolute atomic E-state index is 12.2. The zero-order chi connectivity index (χ0) is 15.7. The molecule has 1 amide bonds. The molecule has 4 heteroatoms. The molecule has 1 aromatic rings. The minimum atomic E-state index is -0.131. The monoisotopic (exact) mass is 288 g/mol. The Bertz CT molecular complexity index is 527. The molecule has 0 saturated heterocycles. The van der Waals surface area contributed by atoms with Crippen molar-refractivity contribution in [1.82, 2.24) is 5.32 Å². The van der Waals surface area contributed by atoms with Crippen LogP contribution in [0.15, 0.2) is 18.2 Å². The Balaban J connectivity index is 2.62. The van der Waals surface area contributed by atoms with Crippen molar-refractivity contribution in [1.29, 1.82) is 0 Å². The second kappa shape index (κ2) is 9.17. The van der Waals surface area contributed by atoms with E-state index in [0.717, 1.165) is 5.56 Å². The van der Waals surface area contributed by atoms with Crippen LogP contribution in [0.3, 0.4) is 0 Å². The van der Waals surface area contributed by atoms with E-state index >= 15 is 0 Å². The zero-order valence-electron chi connectivity index (χ0n) is 13.0. The van der Waals surface area contributed by atoms with Crippen molar-refractivity contribution in [2.75, 3.05) is 26.3 Å². The predicted octanol–water partition coefficient (Wildman–Crippen LogP) is 1.71. The van der Waals surface area contributed by atoms with E-state index in [9.17, 15) is 4.79 Å². The van der Waals surface area contributed by atoms with Gasteiger partial charge in [-0.2, -0.15) is 0 Å². The number of hydrogen-bond donors (Lipinski definition) is 2. The molecule has 0 aromatic heterocycles. The van der Waals surface area contributed by atoms with Gasteiger partial charge in [-0.05, 0) is 25.0 Å². The minimum Gasteiger partial charge on any atom is -0.379 e. The molecule has 0 heterocycles. The Labute approximate surface area is 127 Å². The average molecular weight is 288 g/mol. The Hall–Kier alpha value is -1.83. The lowest BCUT2D eigenvalue weighted by atomic mass is 10.0. The van der Waals surface area contributed by atoms with Crippen molar-refractivity contribution in [3.05, 3.63) is 34.9 Å². The van der Waals surface area contributed by atoms with Gasteiger partial charge >= 0.3 is 0 Å². The highest BCUT2D eigenvalue weighted by atomic mass is 16.5. The van der Waals surface area contributed by atoms with Gasteiger partial charge in [0.15, 0.2) is 0 Å². The van der Waals surface area contributed by atoms with E-state index in [1.54, 1.807) is 0 Å². The first-order chi connectivity index (χ1) is 10.0. The number of nitrogens with two attached hydrogens (primary N) is 1. The van der Waals surface area contributed by atoms with Crippen molar-refractivity contribution < 1.29 is 9.53 Å². The largest absolute Gasteiger partial charge is 0.379 e. The summed E-state index contributed by atoms with van der Waals surface area (Å²) in [6.07, 6.45) is 0. The molecule has 0 fully saturated rings. The van der Waals surface area contributed by atoms with Crippen molar-refractivity contribution >= 4 is 5.91 Å². The van der Waals surface area contributed by atoms with Gasteiger partial charge in [-0.15, -0.1) is 0 Å². The van der Waals surface area contributed by atoms with Crippen LogP contribution in [0.4, 0.5) is 0 Å². The molecule has 0 aliphatic carbocycles. The van der Waals surface area contributed by atoms with E-state index in [4.69, 9.17) is 10.5 Å². The SMILES string of the molecule is Cc1ccc(C#CCN)c(C(=O)NCCOCC(C)C)c1. The maximum atomic E-state index is 12.2. The molecule has 1 aromatic carbocycles. The Kier molecular flexibility index (Phi) is 7.52. The molecular weight excluding hydrogens is 264 g/mol. The summed E-state index contributed by atoms with van der Waals surface area (Å²) in [5, 5.41) is 2.85. The topological polar surface area (TPSA) is 64.4 Å². The summed E-state index contributed by atoms with van der Waals surface area (Å²) in [6, 6.07) is 5.62. The number of carbonyl (C=O) groups excluding carboxylic acids is 1. The van der Waals surface area contributed by atoms with Crippen LogP contribution >= 0.6 is 0 Å². The fourth-order valence-corrected chi connectivity index (χ4v) is 1.75. The number of rotatable bonds is 6. The highest BCUT2D eigenvalue weighted by Crippen LogP contribution is 2.10. The van der Waals surface area contributed by atoms with Crippen molar-refractivity contribution in [3.63, 3.8) is 0 Å². The summed E-state index contributed by atoms with van der Waals surface area (Å²) < 4.78 is 5.44. The fourth-order valence-electron chi connectivity index (χ4n) is 1.75. The third-order valence-corrected chi connectivity index (χ3v) is 2.73. The third kappa shape index (κ3) is 6.44. The lowest BCUT2D eigenvalue weighted by Crippen LogP contribution is -2.28. The summed E-state index contributed by atoms with van der Waals surface area (Å²) in [4.78, 5) is 12.2. The van der Waals surface area contributed by atoms with Crippen LogP contribution in [0.5, 0.6) is 0 Å². The molecule has 4 nitrogen and oxygen atoms in total. The molecule has 0 aliphatic rings. The lowest BCUT2D eigenvalue weighted by molar-refractivity contribution is 0.0886. The molecule has 21 heavy (non-hydrogen) atoms. The van der Waals surface area contributed by atoms with Gasteiger partial charge in [0, 0.05) is 18.7 Å². The van der Waals surface area contributed by atoms with E-state index in [1.165, 1.54) is 0 Å². The number of carbonyl (C=O) groups is 1. The Morgan fingerprint density at radius 1 is 1.43 bits per heavy atom. The standard InChI is InChI=1S/C17H24N2O2/c1-13(2)12-21-10-9-19-17(20)16-11-14(3)6-7-15(16)5-4-8-18/h6-7,11,13H,8-10,12,18H2,1-3H3,(H,19,20). The lowest BCUT2D eigenvalue weighted by Gasteiger charge is -2.09. The van der Waals surface area contributed by atoms with Gasteiger partial charge < -0.3 is 15.8 Å². The van der Waals surface area contributed by atoms with Gasteiger partial charge in [0.1, 0.15) is 0 Å². The van der Waals surface area contributed by atoms with Gasteiger partial charge in [0.2, 0.25) is 0 Å². The van der Waals surface area contributed by atoms with Crippen LogP contribution in [0.1, 0.15) is 35.3 Å². The molecule has 0 aliphatic heterocycles. The first-order valence-electron chi connectivity index (χ1n) is 7.20. The molecule has 114 valence electrons. The molecule has 0 spiro atoms. The van der Waals surface area contributed by atoms with Crippen molar-refractivity contribution in [2.24, 2.45) is 11.7 Å². The van der Waals surface area contributed by atoms with Gasteiger partial charge in [-0.3, -0.25) is 4.79 Å². The van der Waals surface area contributed by atoms with Crippen LogP contribution < -0.4 is 11.1 Å². The highest BCUT2D eigenvalue weighted by molar-refractivity contribution is 5.96. The number of aryl methyl sites for hydroxylation is 1. The zero-order valence-corrected chi connectivity index (χ0v) is 13.0. The molecule has 0 radical (unpaired) electrons. The highest BCUT2D eigenvalue weighted by Gasteiger charge is 2.10. The Morgan fingerprint density at radius 2 is 2.19 bits per heavy atom. The molecule has 1 rings (SSSR count). The van der Waals surface area contributed by atoms with Crippen molar-refractivity contribution in [2.45, 2.75) is 20.8 Å². The number of benzene rings is 1. The van der Waals surface area contributed by atoms with Gasteiger partial charge in [0.25, 0.3) is 5.91 Å². The number of amides is 1. The minimum absolute atomic E-state index is 0.131. The van der Waals surface area contributed by atoms with Crippen molar-refractivity contribution in [3.8, 4) is 11.8 Å². The normalized spacial score (nSPS) is 10.1. The molecule has 0 atom stereocenters. The molecule has 0 bridgehead atoms.